The van der Waals surface area contributed by atoms with Gasteiger partial charge < -0.3 is 15.8 Å². The Balaban J connectivity index is 2.19. The maximum Gasteiger partial charge on any atom is 0.340 e. The molecule has 3 rings (SSSR count). The molecule has 26 heavy (non-hydrogen) atoms. The number of rotatable bonds is 4. The highest BCUT2D eigenvalue weighted by molar-refractivity contribution is 14.1. The molecule has 1 heterocycles. The predicted octanol–water partition coefficient (Wildman–Crippen LogP) is 3.63. The van der Waals surface area contributed by atoms with Crippen LogP contribution in [0.5, 0.6) is 0 Å². The second-order valence-electron chi connectivity index (χ2n) is 5.29. The smallest absolute Gasteiger partial charge is 0.340 e. The molecule has 0 unspecified atom stereocenters. The Labute approximate surface area is 161 Å². The molecule has 1 amide bonds. The van der Waals surface area contributed by atoms with Gasteiger partial charge in [0.1, 0.15) is 5.82 Å². The summed E-state index contributed by atoms with van der Waals surface area (Å²) in [5.74, 6) is -1.05. The Morgan fingerprint density at radius 2 is 2.12 bits per heavy atom. The van der Waals surface area contributed by atoms with E-state index < -0.39 is 17.8 Å². The summed E-state index contributed by atoms with van der Waals surface area (Å²) in [4.78, 5) is 23.8. The van der Waals surface area contributed by atoms with Crippen molar-refractivity contribution in [1.29, 1.82) is 0 Å². The zero-order chi connectivity index (χ0) is 18.8. The second kappa shape index (κ2) is 7.28. The lowest BCUT2D eigenvalue weighted by molar-refractivity contribution is 0.0527. The van der Waals surface area contributed by atoms with Gasteiger partial charge in [0, 0.05) is 8.96 Å². The molecule has 0 bridgehead atoms. The molecule has 3 aromatic rings. The Kier molecular flexibility index (Phi) is 5.07. The number of halogens is 2. The molecule has 0 saturated heterocycles. The van der Waals surface area contributed by atoms with Crippen LogP contribution in [0.3, 0.4) is 0 Å². The first-order chi connectivity index (χ1) is 12.4. The van der Waals surface area contributed by atoms with E-state index in [2.05, 4.69) is 10.4 Å². The van der Waals surface area contributed by atoms with Gasteiger partial charge >= 0.3 is 12.0 Å². The monoisotopic (exact) mass is 468 g/mol. The summed E-state index contributed by atoms with van der Waals surface area (Å²) in [6.45, 7) is 1.88. The highest BCUT2D eigenvalue weighted by Crippen LogP contribution is 2.32. The number of benzene rings is 2. The van der Waals surface area contributed by atoms with Crippen LogP contribution >= 0.6 is 22.6 Å². The Morgan fingerprint density at radius 3 is 2.77 bits per heavy atom. The molecule has 0 saturated carbocycles. The lowest BCUT2D eigenvalue weighted by Crippen LogP contribution is -2.20. The predicted molar refractivity (Wildman–Crippen MR) is 103 cm³/mol. The van der Waals surface area contributed by atoms with Crippen molar-refractivity contribution in [3.8, 4) is 0 Å². The fourth-order valence-electron chi connectivity index (χ4n) is 2.52. The van der Waals surface area contributed by atoms with Gasteiger partial charge in [-0.3, -0.25) is 0 Å². The third kappa shape index (κ3) is 3.34. The molecule has 0 atom stereocenters. The van der Waals surface area contributed by atoms with Crippen LogP contribution in [0.2, 0.25) is 0 Å². The molecule has 0 fully saturated rings. The average Bonchev–Trinajstić information content (AvgIpc) is 3.02. The zero-order valence-corrected chi connectivity index (χ0v) is 15.8. The number of carbonyl (C=O) groups excluding carboxylic acids is 2. The SMILES string of the molecule is CCOC(=O)c1ccc2c(cnn2C(N)=O)c1Nc1ccc(I)cc1F. The highest BCUT2D eigenvalue weighted by atomic mass is 127. The molecular weight excluding hydrogens is 454 g/mol. The minimum absolute atomic E-state index is 0.176. The fourth-order valence-corrected chi connectivity index (χ4v) is 2.97. The number of primary amides is 1. The summed E-state index contributed by atoms with van der Waals surface area (Å²) in [6, 6.07) is 6.89. The Hall–Kier alpha value is -2.69. The summed E-state index contributed by atoms with van der Waals surface area (Å²) in [5, 5.41) is 7.29. The van der Waals surface area contributed by atoms with Crippen molar-refractivity contribution in [2.45, 2.75) is 6.92 Å². The number of fused-ring (bicyclic) bond motifs is 1. The molecular formula is C17H14FIN4O3. The third-order valence-electron chi connectivity index (χ3n) is 3.65. The van der Waals surface area contributed by atoms with Crippen LogP contribution in [0.15, 0.2) is 36.5 Å². The zero-order valence-electron chi connectivity index (χ0n) is 13.6. The number of amides is 1. The van der Waals surface area contributed by atoms with E-state index >= 15 is 0 Å². The molecule has 1 aromatic heterocycles. The van der Waals surface area contributed by atoms with Crippen molar-refractivity contribution in [2.75, 3.05) is 11.9 Å². The number of nitrogens with one attached hydrogen (secondary N) is 1. The van der Waals surface area contributed by atoms with Crippen LogP contribution in [0, 0.1) is 9.39 Å². The lowest BCUT2D eigenvalue weighted by Gasteiger charge is -2.14. The number of aromatic nitrogens is 2. The van der Waals surface area contributed by atoms with E-state index in [0.717, 1.165) is 8.25 Å². The van der Waals surface area contributed by atoms with Crippen molar-refractivity contribution < 1.29 is 18.7 Å². The number of nitrogens with two attached hydrogens (primary N) is 1. The van der Waals surface area contributed by atoms with Crippen LogP contribution in [-0.2, 0) is 4.74 Å². The van der Waals surface area contributed by atoms with Gasteiger partial charge in [0.05, 0.1) is 35.3 Å². The number of ether oxygens (including phenoxy) is 1. The first-order valence-corrected chi connectivity index (χ1v) is 8.70. The number of anilines is 2. The molecule has 0 aliphatic rings. The second-order valence-corrected chi connectivity index (χ2v) is 6.53. The number of hydrogen-bond donors (Lipinski definition) is 2. The van der Waals surface area contributed by atoms with Gasteiger partial charge in [-0.15, -0.1) is 0 Å². The molecule has 0 radical (unpaired) electrons. The van der Waals surface area contributed by atoms with E-state index in [1.54, 1.807) is 19.1 Å². The normalized spacial score (nSPS) is 10.7. The lowest BCUT2D eigenvalue weighted by atomic mass is 10.1. The van der Waals surface area contributed by atoms with Gasteiger partial charge in [0.15, 0.2) is 0 Å². The van der Waals surface area contributed by atoms with E-state index in [9.17, 15) is 14.0 Å². The first-order valence-electron chi connectivity index (χ1n) is 7.62. The summed E-state index contributed by atoms with van der Waals surface area (Å²) >= 11 is 2.00. The van der Waals surface area contributed by atoms with Gasteiger partial charge in [-0.1, -0.05) is 0 Å². The number of carbonyl (C=O) groups is 2. The molecule has 0 spiro atoms. The summed E-state index contributed by atoms with van der Waals surface area (Å²) in [6.07, 6.45) is 1.38. The van der Waals surface area contributed by atoms with Gasteiger partial charge in [0.2, 0.25) is 0 Å². The minimum Gasteiger partial charge on any atom is -0.462 e. The number of nitrogens with zero attached hydrogens (tertiary/aromatic N) is 2. The summed E-state index contributed by atoms with van der Waals surface area (Å²) in [7, 11) is 0. The maximum absolute atomic E-state index is 14.3. The van der Waals surface area contributed by atoms with Crippen LogP contribution in [0.1, 0.15) is 17.3 Å². The van der Waals surface area contributed by atoms with E-state index in [1.807, 2.05) is 22.6 Å². The van der Waals surface area contributed by atoms with Gasteiger partial charge in [-0.25, -0.2) is 14.0 Å². The van der Waals surface area contributed by atoms with Crippen molar-refractivity contribution in [3.63, 3.8) is 0 Å². The van der Waals surface area contributed by atoms with E-state index in [0.29, 0.717) is 10.9 Å². The highest BCUT2D eigenvalue weighted by Gasteiger charge is 2.20. The maximum atomic E-state index is 14.3. The average molecular weight is 468 g/mol. The van der Waals surface area contributed by atoms with E-state index in [-0.39, 0.29) is 23.5 Å². The number of esters is 1. The quantitative estimate of drug-likeness (QED) is 0.450. The topological polar surface area (TPSA) is 99.2 Å². The van der Waals surface area contributed by atoms with E-state index in [1.165, 1.54) is 24.4 Å². The number of hydrogen-bond acceptors (Lipinski definition) is 5. The van der Waals surface area contributed by atoms with Crippen molar-refractivity contribution in [3.05, 3.63) is 51.5 Å². The third-order valence-corrected chi connectivity index (χ3v) is 4.32. The molecule has 134 valence electrons. The van der Waals surface area contributed by atoms with Crippen molar-refractivity contribution >= 4 is 56.9 Å². The Bertz CT molecular complexity index is 1020. The van der Waals surface area contributed by atoms with Crippen LogP contribution in [-0.4, -0.2) is 28.4 Å². The molecule has 7 nitrogen and oxygen atoms in total. The van der Waals surface area contributed by atoms with Gasteiger partial charge in [-0.05, 0) is 59.8 Å². The molecule has 9 heteroatoms. The minimum atomic E-state index is -0.768. The Morgan fingerprint density at radius 1 is 1.35 bits per heavy atom. The largest absolute Gasteiger partial charge is 0.462 e. The molecule has 0 aliphatic heterocycles. The van der Waals surface area contributed by atoms with Crippen LogP contribution < -0.4 is 11.1 Å². The van der Waals surface area contributed by atoms with Crippen LogP contribution in [0.4, 0.5) is 20.6 Å². The standard InChI is InChI=1S/C17H14FIN4O3/c1-2-26-16(24)10-4-6-14-11(8-21-23(14)17(20)25)15(10)22-13-5-3-9(19)7-12(13)18/h3-8,22H,2H2,1H3,(H2,20,25). The molecule has 0 aliphatic carbocycles. The van der Waals surface area contributed by atoms with Crippen molar-refractivity contribution in [2.24, 2.45) is 5.73 Å². The van der Waals surface area contributed by atoms with Gasteiger partial charge in [-0.2, -0.15) is 9.78 Å². The molecule has 2 aromatic carbocycles. The van der Waals surface area contributed by atoms with Gasteiger partial charge in [0.25, 0.3) is 0 Å². The van der Waals surface area contributed by atoms with E-state index in [4.69, 9.17) is 10.5 Å². The summed E-state index contributed by atoms with van der Waals surface area (Å²) in [5.41, 5.74) is 6.35. The molecule has 3 N–H and O–H groups in total. The first kappa shape index (κ1) is 18.1. The van der Waals surface area contributed by atoms with Crippen molar-refractivity contribution in [1.82, 2.24) is 9.78 Å². The van der Waals surface area contributed by atoms with Crippen LogP contribution in [0.25, 0.3) is 10.9 Å². The summed E-state index contributed by atoms with van der Waals surface area (Å²) < 4.78 is 21.1. The fraction of sp³-hybridized carbons (Fsp3) is 0.118.